The number of unbranched alkanes of at least 4 members (excludes halogenated alkanes) is 5. The largest absolute Gasteiger partial charge is 0.478 e. The maximum absolute atomic E-state index is 11.0. The van der Waals surface area contributed by atoms with Crippen LogP contribution in [0.4, 0.5) is 5.82 Å². The fourth-order valence-corrected chi connectivity index (χ4v) is 4.84. The van der Waals surface area contributed by atoms with Crippen molar-refractivity contribution in [2.75, 3.05) is 5.32 Å². The average Bonchev–Trinajstić information content (AvgIpc) is 3.24. The van der Waals surface area contributed by atoms with Crippen LogP contribution in [0.15, 0.2) is 30.5 Å². The fourth-order valence-electron chi connectivity index (χ4n) is 4.84. The molecule has 164 valence electrons. The van der Waals surface area contributed by atoms with E-state index in [0.29, 0.717) is 0 Å². The Bertz CT molecular complexity index is 561. The van der Waals surface area contributed by atoms with Gasteiger partial charge in [0.15, 0.2) is 0 Å². The Kier molecular flexibility index (Phi) is 11.6. The van der Waals surface area contributed by atoms with Crippen LogP contribution < -0.4 is 5.32 Å². The first-order valence-electron chi connectivity index (χ1n) is 12.0. The molecule has 3 N–H and O–H groups in total. The first kappa shape index (κ1) is 23.6. The van der Waals surface area contributed by atoms with Crippen LogP contribution in [0.2, 0.25) is 0 Å². The van der Waals surface area contributed by atoms with Crippen LogP contribution in [0.5, 0.6) is 0 Å². The molecule has 0 bridgehead atoms. The van der Waals surface area contributed by atoms with Crippen molar-refractivity contribution >= 4 is 11.8 Å². The lowest BCUT2D eigenvalue weighted by Gasteiger charge is -2.31. The molecule has 0 aliphatic heterocycles. The molecule has 1 heterocycles. The lowest BCUT2D eigenvalue weighted by atomic mass is 9.75. The van der Waals surface area contributed by atoms with Gasteiger partial charge in [0.1, 0.15) is 5.82 Å². The van der Waals surface area contributed by atoms with Gasteiger partial charge in [-0.05, 0) is 36.8 Å². The lowest BCUT2D eigenvalue weighted by molar-refractivity contribution is -0.131. The molecule has 1 aromatic heterocycles. The molecule has 1 saturated carbocycles. The van der Waals surface area contributed by atoms with Crippen molar-refractivity contribution < 1.29 is 9.90 Å². The van der Waals surface area contributed by atoms with Crippen LogP contribution in [-0.4, -0.2) is 22.1 Å². The first-order valence-corrected chi connectivity index (χ1v) is 12.0. The van der Waals surface area contributed by atoms with Crippen molar-refractivity contribution in [3.8, 4) is 0 Å². The Labute approximate surface area is 177 Å². The minimum atomic E-state index is -0.876. The van der Waals surface area contributed by atoms with E-state index in [9.17, 15) is 4.79 Å². The van der Waals surface area contributed by atoms with Gasteiger partial charge in [0, 0.05) is 18.3 Å². The van der Waals surface area contributed by atoms with Crippen molar-refractivity contribution in [2.24, 2.45) is 11.8 Å². The third kappa shape index (κ3) is 10.0. The van der Waals surface area contributed by atoms with Gasteiger partial charge in [-0.3, -0.25) is 0 Å². The molecule has 2 atom stereocenters. The number of nitrogens with one attached hydrogen (secondary N) is 2. The Morgan fingerprint density at radius 3 is 2.59 bits per heavy atom. The molecule has 0 aromatic carbocycles. The molecule has 0 spiro atoms. The summed E-state index contributed by atoms with van der Waals surface area (Å²) in [6.07, 6.45) is 23.6. The van der Waals surface area contributed by atoms with Gasteiger partial charge in [-0.25, -0.2) is 4.79 Å². The maximum Gasteiger partial charge on any atom is 0.328 e. The number of rotatable bonds is 15. The van der Waals surface area contributed by atoms with E-state index in [1.807, 2.05) is 24.4 Å². The predicted molar refractivity (Wildman–Crippen MR) is 122 cm³/mol. The van der Waals surface area contributed by atoms with Crippen LogP contribution in [0.25, 0.3) is 0 Å². The molecular formula is C25H42N2O2. The Morgan fingerprint density at radius 1 is 1.14 bits per heavy atom. The predicted octanol–water partition coefficient (Wildman–Crippen LogP) is 7.16. The summed E-state index contributed by atoms with van der Waals surface area (Å²) in [5, 5.41) is 12.5. The van der Waals surface area contributed by atoms with Crippen molar-refractivity contribution in [1.29, 1.82) is 0 Å². The molecule has 0 amide bonds. The number of aliphatic carboxylic acids is 1. The quantitative estimate of drug-likeness (QED) is 0.215. The highest BCUT2D eigenvalue weighted by molar-refractivity contribution is 5.79. The van der Waals surface area contributed by atoms with Crippen LogP contribution in [0, 0.1) is 11.8 Å². The minimum absolute atomic E-state index is 0.0559. The summed E-state index contributed by atoms with van der Waals surface area (Å²) in [6, 6.07) is 4.01. The molecule has 0 saturated heterocycles. The fraction of sp³-hybridized carbons (Fsp3) is 0.720. The number of aromatic amines is 1. The summed E-state index contributed by atoms with van der Waals surface area (Å²) in [5.41, 5.74) is 0. The molecule has 4 heteroatoms. The zero-order valence-corrected chi connectivity index (χ0v) is 18.4. The van der Waals surface area contributed by atoms with Crippen LogP contribution in [-0.2, 0) is 4.79 Å². The number of carboxylic acid groups (broad SMARTS) is 1. The molecule has 0 radical (unpaired) electrons. The van der Waals surface area contributed by atoms with Gasteiger partial charge in [-0.2, -0.15) is 0 Å². The van der Waals surface area contributed by atoms with Gasteiger partial charge in [0.05, 0.1) is 0 Å². The summed E-state index contributed by atoms with van der Waals surface area (Å²) in [5.74, 6) is 1.73. The summed E-state index contributed by atoms with van der Waals surface area (Å²) in [4.78, 5) is 14.2. The molecule has 1 fully saturated rings. The van der Waals surface area contributed by atoms with Crippen LogP contribution in [0.1, 0.15) is 96.8 Å². The van der Waals surface area contributed by atoms with Gasteiger partial charge in [-0.15, -0.1) is 0 Å². The van der Waals surface area contributed by atoms with Gasteiger partial charge < -0.3 is 15.4 Å². The molecule has 1 aliphatic rings. The normalized spacial score (nSPS) is 17.4. The van der Waals surface area contributed by atoms with Crippen molar-refractivity contribution in [2.45, 2.75) is 103 Å². The second kappa shape index (κ2) is 14.3. The number of anilines is 1. The smallest absolute Gasteiger partial charge is 0.328 e. The third-order valence-electron chi connectivity index (χ3n) is 6.50. The van der Waals surface area contributed by atoms with Crippen molar-refractivity contribution in [3.05, 3.63) is 30.5 Å². The highest BCUT2D eigenvalue weighted by Crippen LogP contribution is 2.36. The second-order valence-electron chi connectivity index (χ2n) is 8.82. The third-order valence-corrected chi connectivity index (χ3v) is 6.50. The van der Waals surface area contributed by atoms with Gasteiger partial charge >= 0.3 is 5.97 Å². The van der Waals surface area contributed by atoms with E-state index in [4.69, 9.17) is 5.11 Å². The Hall–Kier alpha value is -1.71. The van der Waals surface area contributed by atoms with Crippen LogP contribution in [0.3, 0.4) is 0 Å². The summed E-state index contributed by atoms with van der Waals surface area (Å²) in [7, 11) is 0. The highest BCUT2D eigenvalue weighted by Gasteiger charge is 2.24. The number of carboxylic acids is 1. The zero-order valence-electron chi connectivity index (χ0n) is 18.4. The molecule has 1 aliphatic carbocycles. The molecule has 29 heavy (non-hydrogen) atoms. The first-order chi connectivity index (χ1) is 14.2. The molecule has 2 rings (SSSR count). The number of hydrogen-bond acceptors (Lipinski definition) is 2. The topological polar surface area (TPSA) is 65.1 Å². The number of hydrogen-bond donors (Lipinski definition) is 3. The van der Waals surface area contributed by atoms with Gasteiger partial charge in [0.2, 0.25) is 0 Å². The van der Waals surface area contributed by atoms with E-state index in [-0.39, 0.29) is 6.04 Å². The second-order valence-corrected chi connectivity index (χ2v) is 8.82. The summed E-state index contributed by atoms with van der Waals surface area (Å²) >= 11 is 0. The SMILES string of the molecule is CCCCCCCC[C@H](CC[C@H](/C=C/C(=O)O)Nc1ccc[nH]1)C1CCCCC1. The number of H-pyrrole nitrogens is 1. The minimum Gasteiger partial charge on any atom is -0.478 e. The van der Waals surface area contributed by atoms with Crippen LogP contribution >= 0.6 is 0 Å². The number of carbonyl (C=O) groups is 1. The van der Waals surface area contributed by atoms with E-state index >= 15 is 0 Å². The Morgan fingerprint density at radius 2 is 1.90 bits per heavy atom. The average molecular weight is 403 g/mol. The van der Waals surface area contributed by atoms with Gasteiger partial charge in [-0.1, -0.05) is 90.0 Å². The molecular weight excluding hydrogens is 360 g/mol. The van der Waals surface area contributed by atoms with E-state index in [1.165, 1.54) is 89.5 Å². The Balaban J connectivity index is 1.88. The standard InChI is InChI=1S/C25H42N2O2/c1-2-3-4-5-6-8-14-22(21-12-9-7-10-13-21)16-17-23(18-19-25(28)29)27-24-15-11-20-26-24/h11,15,18-23,26-27H,2-10,12-14,16-17H2,1H3,(H,28,29)/b19-18+/t22-,23-/m1/s1. The number of aromatic nitrogens is 1. The van der Waals surface area contributed by atoms with E-state index in [2.05, 4.69) is 17.2 Å². The zero-order chi connectivity index (χ0) is 20.7. The summed E-state index contributed by atoms with van der Waals surface area (Å²) < 4.78 is 0. The van der Waals surface area contributed by atoms with Crippen molar-refractivity contribution in [1.82, 2.24) is 4.98 Å². The molecule has 4 nitrogen and oxygen atoms in total. The van der Waals surface area contributed by atoms with Gasteiger partial charge in [0.25, 0.3) is 0 Å². The van der Waals surface area contributed by atoms with E-state index < -0.39 is 5.97 Å². The summed E-state index contributed by atoms with van der Waals surface area (Å²) in [6.45, 7) is 2.27. The molecule has 1 aromatic rings. The van der Waals surface area contributed by atoms with E-state index in [0.717, 1.165) is 24.1 Å². The molecule has 0 unspecified atom stereocenters. The lowest BCUT2D eigenvalue weighted by Crippen LogP contribution is -2.23. The highest BCUT2D eigenvalue weighted by atomic mass is 16.4. The monoisotopic (exact) mass is 402 g/mol. The van der Waals surface area contributed by atoms with E-state index in [1.54, 1.807) is 0 Å². The van der Waals surface area contributed by atoms with Crippen molar-refractivity contribution in [3.63, 3.8) is 0 Å². The maximum atomic E-state index is 11.0.